The fourth-order valence-electron chi connectivity index (χ4n) is 1.91. The first-order chi connectivity index (χ1) is 8.13. The Hall–Kier alpha value is -1.08. The van der Waals surface area contributed by atoms with E-state index >= 15 is 0 Å². The molecule has 1 rings (SSSR count). The summed E-state index contributed by atoms with van der Waals surface area (Å²) in [6, 6.07) is 6.76. The molecule has 1 nitrogen and oxygen atoms in total. The van der Waals surface area contributed by atoms with Crippen LogP contribution in [-0.2, 0) is 6.42 Å². The van der Waals surface area contributed by atoms with Crippen molar-refractivity contribution < 1.29 is 0 Å². The summed E-state index contributed by atoms with van der Waals surface area (Å²) in [7, 11) is 0. The Kier molecular flexibility index (Phi) is 5.99. The molecule has 0 saturated carbocycles. The summed E-state index contributed by atoms with van der Waals surface area (Å²) >= 11 is 0. The molecule has 0 unspecified atom stereocenters. The first-order valence-electron chi connectivity index (χ1n) is 6.56. The molecule has 1 N–H and O–H groups in total. The summed E-state index contributed by atoms with van der Waals surface area (Å²) in [5.74, 6) is 0. The fraction of sp³-hybridized carbons (Fsp3) is 0.500. The van der Waals surface area contributed by atoms with Crippen molar-refractivity contribution >= 4 is 0 Å². The average molecular weight is 231 g/mol. The van der Waals surface area contributed by atoms with Gasteiger partial charge in [0.25, 0.3) is 0 Å². The van der Waals surface area contributed by atoms with E-state index in [2.05, 4.69) is 57.3 Å². The van der Waals surface area contributed by atoms with E-state index in [0.717, 1.165) is 25.9 Å². The molecule has 0 radical (unpaired) electrons. The number of benzene rings is 1. The van der Waals surface area contributed by atoms with Crippen molar-refractivity contribution in [1.29, 1.82) is 0 Å². The van der Waals surface area contributed by atoms with Crippen molar-refractivity contribution in [2.75, 3.05) is 13.1 Å². The third kappa shape index (κ3) is 5.18. The van der Waals surface area contributed by atoms with Crippen LogP contribution in [0.15, 0.2) is 29.8 Å². The second kappa shape index (κ2) is 7.29. The van der Waals surface area contributed by atoms with Crippen LogP contribution in [0.2, 0.25) is 0 Å². The lowest BCUT2D eigenvalue weighted by Gasteiger charge is -2.06. The minimum absolute atomic E-state index is 1.06. The van der Waals surface area contributed by atoms with E-state index in [1.54, 1.807) is 0 Å². The van der Waals surface area contributed by atoms with E-state index in [9.17, 15) is 0 Å². The normalized spacial score (nSPS) is 11.9. The highest BCUT2D eigenvalue weighted by Gasteiger charge is 1.97. The average Bonchev–Trinajstić information content (AvgIpc) is 2.30. The Morgan fingerprint density at radius 3 is 2.65 bits per heavy atom. The standard InChI is InChI=1S/C16H25N/c1-5-17-10-6-7-13(2)11-16-9-8-14(3)15(4)12-16/h7-9,12,17H,5-6,10-11H2,1-4H3. The highest BCUT2D eigenvalue weighted by atomic mass is 14.8. The van der Waals surface area contributed by atoms with Gasteiger partial charge >= 0.3 is 0 Å². The van der Waals surface area contributed by atoms with Gasteiger partial charge in [-0.15, -0.1) is 0 Å². The van der Waals surface area contributed by atoms with Crippen LogP contribution in [0.3, 0.4) is 0 Å². The predicted molar refractivity (Wildman–Crippen MR) is 76.5 cm³/mol. The predicted octanol–water partition coefficient (Wildman–Crippen LogP) is 3.79. The Bertz CT molecular complexity index is 377. The molecule has 0 aliphatic carbocycles. The van der Waals surface area contributed by atoms with Crippen LogP contribution in [0.25, 0.3) is 0 Å². The van der Waals surface area contributed by atoms with Crippen LogP contribution >= 0.6 is 0 Å². The van der Waals surface area contributed by atoms with Crippen molar-refractivity contribution in [1.82, 2.24) is 5.32 Å². The zero-order valence-electron chi connectivity index (χ0n) is 11.6. The van der Waals surface area contributed by atoms with Crippen LogP contribution in [0, 0.1) is 13.8 Å². The van der Waals surface area contributed by atoms with E-state index in [-0.39, 0.29) is 0 Å². The van der Waals surface area contributed by atoms with Crippen LogP contribution < -0.4 is 5.32 Å². The zero-order valence-corrected chi connectivity index (χ0v) is 11.6. The summed E-state index contributed by atoms with van der Waals surface area (Å²) in [6.07, 6.45) is 4.55. The van der Waals surface area contributed by atoms with Gasteiger partial charge in [-0.3, -0.25) is 0 Å². The number of hydrogen-bond acceptors (Lipinski definition) is 1. The fourth-order valence-corrected chi connectivity index (χ4v) is 1.91. The van der Waals surface area contributed by atoms with E-state index in [1.807, 2.05) is 0 Å². The van der Waals surface area contributed by atoms with Crippen molar-refractivity contribution in [3.63, 3.8) is 0 Å². The second-order valence-electron chi connectivity index (χ2n) is 4.79. The maximum Gasteiger partial charge on any atom is -0.00143 e. The van der Waals surface area contributed by atoms with Crippen LogP contribution in [0.1, 0.15) is 37.0 Å². The third-order valence-electron chi connectivity index (χ3n) is 3.12. The molecule has 17 heavy (non-hydrogen) atoms. The van der Waals surface area contributed by atoms with Gasteiger partial charge in [0.1, 0.15) is 0 Å². The van der Waals surface area contributed by atoms with Gasteiger partial charge in [0, 0.05) is 0 Å². The molecule has 1 heteroatoms. The summed E-state index contributed by atoms with van der Waals surface area (Å²) in [6.45, 7) is 10.9. The lowest BCUT2D eigenvalue weighted by molar-refractivity contribution is 0.724. The van der Waals surface area contributed by atoms with Gasteiger partial charge in [-0.1, -0.05) is 36.8 Å². The van der Waals surface area contributed by atoms with E-state index in [4.69, 9.17) is 0 Å². The molecular weight excluding hydrogens is 206 g/mol. The first-order valence-corrected chi connectivity index (χ1v) is 6.56. The highest BCUT2D eigenvalue weighted by Crippen LogP contribution is 2.13. The molecular formula is C16H25N. The molecule has 0 aliphatic heterocycles. The first kappa shape index (κ1) is 14.0. The molecule has 0 fully saturated rings. The number of rotatable bonds is 6. The van der Waals surface area contributed by atoms with E-state index in [1.165, 1.54) is 22.3 Å². The van der Waals surface area contributed by atoms with Gasteiger partial charge < -0.3 is 5.32 Å². The lowest BCUT2D eigenvalue weighted by atomic mass is 10.0. The lowest BCUT2D eigenvalue weighted by Crippen LogP contribution is -2.13. The number of nitrogens with one attached hydrogen (secondary N) is 1. The summed E-state index contributed by atoms with van der Waals surface area (Å²) in [5.41, 5.74) is 5.65. The largest absolute Gasteiger partial charge is 0.317 e. The van der Waals surface area contributed by atoms with Crippen LogP contribution in [-0.4, -0.2) is 13.1 Å². The molecule has 1 aromatic rings. The summed E-state index contributed by atoms with van der Waals surface area (Å²) in [5, 5.41) is 3.34. The van der Waals surface area contributed by atoms with Crippen LogP contribution in [0.4, 0.5) is 0 Å². The maximum atomic E-state index is 3.34. The van der Waals surface area contributed by atoms with Crippen molar-refractivity contribution in [3.05, 3.63) is 46.5 Å². The Labute approximate surface area is 106 Å². The maximum absolute atomic E-state index is 3.34. The molecule has 0 amide bonds. The van der Waals surface area contributed by atoms with Crippen LogP contribution in [0.5, 0.6) is 0 Å². The van der Waals surface area contributed by atoms with Gasteiger partial charge in [-0.05, 0) is 63.4 Å². The number of allylic oxidation sites excluding steroid dienone is 1. The minimum Gasteiger partial charge on any atom is -0.317 e. The van der Waals surface area contributed by atoms with Crippen molar-refractivity contribution in [2.24, 2.45) is 0 Å². The Morgan fingerprint density at radius 2 is 2.00 bits per heavy atom. The zero-order chi connectivity index (χ0) is 12.7. The monoisotopic (exact) mass is 231 g/mol. The minimum atomic E-state index is 1.06. The van der Waals surface area contributed by atoms with Gasteiger partial charge in [-0.25, -0.2) is 0 Å². The van der Waals surface area contributed by atoms with Crippen molar-refractivity contribution in [2.45, 2.75) is 40.5 Å². The molecule has 0 spiro atoms. The van der Waals surface area contributed by atoms with Crippen molar-refractivity contribution in [3.8, 4) is 0 Å². The number of aryl methyl sites for hydroxylation is 2. The molecule has 0 bridgehead atoms. The number of hydrogen-bond donors (Lipinski definition) is 1. The highest BCUT2D eigenvalue weighted by molar-refractivity contribution is 5.32. The summed E-state index contributed by atoms with van der Waals surface area (Å²) < 4.78 is 0. The SMILES string of the molecule is CCNCCC=C(C)Cc1ccc(C)c(C)c1. The van der Waals surface area contributed by atoms with Gasteiger partial charge in [0.15, 0.2) is 0 Å². The molecule has 1 aromatic carbocycles. The quantitative estimate of drug-likeness (QED) is 0.580. The Morgan fingerprint density at radius 1 is 1.24 bits per heavy atom. The van der Waals surface area contributed by atoms with Gasteiger partial charge in [-0.2, -0.15) is 0 Å². The topological polar surface area (TPSA) is 12.0 Å². The summed E-state index contributed by atoms with van der Waals surface area (Å²) in [4.78, 5) is 0. The smallest absolute Gasteiger partial charge is 0.00143 e. The molecule has 0 atom stereocenters. The van der Waals surface area contributed by atoms with E-state index < -0.39 is 0 Å². The van der Waals surface area contributed by atoms with Gasteiger partial charge in [0.05, 0.1) is 0 Å². The van der Waals surface area contributed by atoms with Gasteiger partial charge in [0.2, 0.25) is 0 Å². The van der Waals surface area contributed by atoms with E-state index in [0.29, 0.717) is 0 Å². The second-order valence-corrected chi connectivity index (χ2v) is 4.79. The molecule has 0 heterocycles. The molecule has 0 aliphatic rings. The Balaban J connectivity index is 2.49. The molecule has 94 valence electrons. The third-order valence-corrected chi connectivity index (χ3v) is 3.12. The molecule has 0 aromatic heterocycles. The molecule has 0 saturated heterocycles.